The van der Waals surface area contributed by atoms with E-state index in [2.05, 4.69) is 15.3 Å². The Hall–Kier alpha value is -4.51. The van der Waals surface area contributed by atoms with E-state index in [1.54, 1.807) is 29.6 Å². The third-order valence-electron chi connectivity index (χ3n) is 5.49. The van der Waals surface area contributed by atoms with Crippen LogP contribution in [0.3, 0.4) is 0 Å². The number of hydrogen-bond donors (Lipinski definition) is 3. The van der Waals surface area contributed by atoms with Crippen LogP contribution in [0.2, 0.25) is 0 Å². The maximum absolute atomic E-state index is 13.3. The van der Waals surface area contributed by atoms with Gasteiger partial charge in [0.1, 0.15) is 11.5 Å². The van der Waals surface area contributed by atoms with Gasteiger partial charge in [-0.1, -0.05) is 6.42 Å². The third kappa shape index (κ3) is 5.58. The van der Waals surface area contributed by atoms with Crippen molar-refractivity contribution in [2.75, 3.05) is 18.4 Å². The number of aromatic amines is 1. The summed E-state index contributed by atoms with van der Waals surface area (Å²) < 4.78 is 19.1. The standard InChI is InChI=1S/C24H21FN4O4.CH2O2/c25-16-6-8-17(9-7-16)28-23-20(24(31)33-29-11-2-1-3-12-29)21(30)19(32-23)13-15-14-27-22-18(15)5-4-10-26-22;2-1-3/h4-10,13-14,28H,1-3,11-12H2,(H,26,27);1H,(H,2,3). The zero-order valence-corrected chi connectivity index (χ0v) is 19.1. The molecule has 0 radical (unpaired) electrons. The summed E-state index contributed by atoms with van der Waals surface area (Å²) in [4.78, 5) is 47.3. The van der Waals surface area contributed by atoms with Gasteiger partial charge in [0.2, 0.25) is 11.7 Å². The highest BCUT2D eigenvalue weighted by atomic mass is 19.1. The largest absolute Gasteiger partial charge is 0.483 e. The number of carboxylic acid groups (broad SMARTS) is 1. The number of hydrogen-bond acceptors (Lipinski definition) is 8. The molecule has 4 heterocycles. The van der Waals surface area contributed by atoms with Crippen LogP contribution >= 0.6 is 0 Å². The number of allylic oxidation sites excluding steroid dienone is 1. The molecule has 2 aromatic heterocycles. The molecule has 36 heavy (non-hydrogen) atoms. The van der Waals surface area contributed by atoms with E-state index in [-0.39, 0.29) is 23.7 Å². The van der Waals surface area contributed by atoms with Crippen LogP contribution in [0, 0.1) is 5.82 Å². The van der Waals surface area contributed by atoms with Gasteiger partial charge in [-0.05, 0) is 55.3 Å². The van der Waals surface area contributed by atoms with Crippen molar-refractivity contribution < 1.29 is 33.5 Å². The number of ketones is 1. The van der Waals surface area contributed by atoms with Crippen molar-refractivity contribution in [2.24, 2.45) is 0 Å². The predicted octanol–water partition coefficient (Wildman–Crippen LogP) is 3.61. The van der Waals surface area contributed by atoms with Crippen LogP contribution in [0.1, 0.15) is 24.8 Å². The Balaban J connectivity index is 0.000000967. The van der Waals surface area contributed by atoms with Crippen molar-refractivity contribution >= 4 is 41.0 Å². The predicted molar refractivity (Wildman–Crippen MR) is 127 cm³/mol. The smallest absolute Gasteiger partial charge is 0.366 e. The number of carbonyl (C=O) groups is 3. The van der Waals surface area contributed by atoms with E-state index in [4.69, 9.17) is 19.5 Å². The number of aromatic nitrogens is 2. The minimum atomic E-state index is -0.796. The summed E-state index contributed by atoms with van der Waals surface area (Å²) in [5, 5.41) is 12.2. The second kappa shape index (κ2) is 11.3. The van der Waals surface area contributed by atoms with Gasteiger partial charge in [0.05, 0.1) is 0 Å². The molecular weight excluding hydrogens is 471 g/mol. The van der Waals surface area contributed by atoms with Gasteiger partial charge in [-0.15, -0.1) is 5.06 Å². The number of halogens is 1. The highest BCUT2D eigenvalue weighted by Crippen LogP contribution is 2.30. The van der Waals surface area contributed by atoms with E-state index in [0.717, 1.165) is 24.6 Å². The second-order valence-electron chi connectivity index (χ2n) is 7.89. The zero-order chi connectivity index (χ0) is 25.5. The van der Waals surface area contributed by atoms with Crippen LogP contribution in [-0.2, 0) is 24.0 Å². The fourth-order valence-electron chi connectivity index (χ4n) is 3.82. The van der Waals surface area contributed by atoms with Crippen molar-refractivity contribution in [3.63, 3.8) is 0 Å². The van der Waals surface area contributed by atoms with Gasteiger partial charge in [0.15, 0.2) is 11.3 Å². The Labute approximate surface area is 205 Å². The topological polar surface area (TPSA) is 134 Å². The van der Waals surface area contributed by atoms with Crippen LogP contribution in [0.15, 0.2) is 66.0 Å². The molecule has 0 unspecified atom stereocenters. The first-order chi connectivity index (χ1) is 17.5. The van der Waals surface area contributed by atoms with E-state index in [9.17, 15) is 14.0 Å². The molecule has 0 amide bonds. The number of Topliss-reactive ketones (excluding diaryl/α,β-unsaturated/α-hetero) is 1. The Kier molecular flexibility index (Phi) is 7.71. The maximum Gasteiger partial charge on any atom is 0.366 e. The molecule has 1 aromatic carbocycles. The minimum Gasteiger partial charge on any atom is -0.483 e. The number of piperidine rings is 1. The van der Waals surface area contributed by atoms with Crippen LogP contribution in [0.25, 0.3) is 17.1 Å². The van der Waals surface area contributed by atoms with Crippen molar-refractivity contribution in [1.82, 2.24) is 15.0 Å². The molecule has 1 saturated heterocycles. The lowest BCUT2D eigenvalue weighted by Crippen LogP contribution is -2.33. The maximum atomic E-state index is 13.3. The molecule has 0 spiro atoms. The number of benzene rings is 1. The quantitative estimate of drug-likeness (QED) is 0.276. The third-order valence-corrected chi connectivity index (χ3v) is 5.49. The van der Waals surface area contributed by atoms with Gasteiger partial charge >= 0.3 is 5.97 Å². The van der Waals surface area contributed by atoms with Crippen molar-refractivity contribution in [2.45, 2.75) is 19.3 Å². The Morgan fingerprint density at radius 1 is 1.19 bits per heavy atom. The lowest BCUT2D eigenvalue weighted by Gasteiger charge is -2.24. The summed E-state index contributed by atoms with van der Waals surface area (Å²) in [7, 11) is 0. The Morgan fingerprint density at radius 3 is 2.64 bits per heavy atom. The lowest BCUT2D eigenvalue weighted by atomic mass is 10.1. The number of ether oxygens (including phenoxy) is 1. The number of pyridine rings is 1. The number of carbonyl (C=O) groups excluding carboxylic acids is 2. The van der Waals surface area contributed by atoms with E-state index in [1.165, 1.54) is 24.3 Å². The average molecular weight is 494 g/mol. The van der Waals surface area contributed by atoms with E-state index in [0.29, 0.717) is 30.0 Å². The molecule has 5 rings (SSSR count). The Bertz CT molecular complexity index is 1330. The van der Waals surface area contributed by atoms with E-state index < -0.39 is 17.6 Å². The number of fused-ring (bicyclic) bond motifs is 1. The monoisotopic (exact) mass is 494 g/mol. The molecule has 0 aliphatic carbocycles. The first-order valence-corrected chi connectivity index (χ1v) is 11.2. The second-order valence-corrected chi connectivity index (χ2v) is 7.89. The fraction of sp³-hybridized carbons (Fsp3) is 0.200. The van der Waals surface area contributed by atoms with Crippen LogP contribution in [0.4, 0.5) is 10.1 Å². The fourth-order valence-corrected chi connectivity index (χ4v) is 3.82. The molecule has 3 aromatic rings. The van der Waals surface area contributed by atoms with Gasteiger partial charge in [-0.3, -0.25) is 9.59 Å². The number of anilines is 1. The molecule has 0 bridgehead atoms. The van der Waals surface area contributed by atoms with E-state index in [1.807, 2.05) is 6.07 Å². The molecule has 3 N–H and O–H groups in total. The molecule has 0 atom stereocenters. The molecule has 10 nitrogen and oxygen atoms in total. The zero-order valence-electron chi connectivity index (χ0n) is 19.1. The number of hydroxylamine groups is 2. The van der Waals surface area contributed by atoms with Crippen LogP contribution < -0.4 is 5.32 Å². The van der Waals surface area contributed by atoms with Gasteiger partial charge < -0.3 is 25.0 Å². The summed E-state index contributed by atoms with van der Waals surface area (Å²) in [5.74, 6) is -1.89. The van der Waals surface area contributed by atoms with Crippen molar-refractivity contribution in [3.8, 4) is 0 Å². The summed E-state index contributed by atoms with van der Waals surface area (Å²) in [6, 6.07) is 9.15. The summed E-state index contributed by atoms with van der Waals surface area (Å²) >= 11 is 0. The molecule has 2 aliphatic rings. The Morgan fingerprint density at radius 2 is 1.92 bits per heavy atom. The minimum absolute atomic E-state index is 0.0324. The van der Waals surface area contributed by atoms with Gasteiger partial charge in [-0.2, -0.15) is 0 Å². The lowest BCUT2D eigenvalue weighted by molar-refractivity contribution is -0.189. The highest BCUT2D eigenvalue weighted by molar-refractivity contribution is 6.26. The number of nitrogens with zero attached hydrogens (tertiary/aromatic N) is 2. The summed E-state index contributed by atoms with van der Waals surface area (Å²) in [6.07, 6.45) is 7.82. The molecule has 11 heteroatoms. The van der Waals surface area contributed by atoms with Gasteiger partial charge in [0.25, 0.3) is 6.47 Å². The molecule has 2 aliphatic heterocycles. The number of rotatable bonds is 5. The van der Waals surface area contributed by atoms with E-state index >= 15 is 0 Å². The number of H-pyrrole nitrogens is 1. The SMILES string of the molecule is O=C(ON1CCCCC1)C1=C(Nc2ccc(F)cc2)OC(=Cc2c[nH]c3ncccc23)C1=O.O=CO. The highest BCUT2D eigenvalue weighted by Gasteiger charge is 2.38. The van der Waals surface area contributed by atoms with Crippen molar-refractivity contribution in [1.29, 1.82) is 0 Å². The number of nitrogens with one attached hydrogen (secondary N) is 2. The molecule has 0 saturated carbocycles. The molecule has 1 fully saturated rings. The van der Waals surface area contributed by atoms with Gasteiger partial charge in [-0.25, -0.2) is 14.2 Å². The first-order valence-electron chi connectivity index (χ1n) is 11.2. The van der Waals surface area contributed by atoms with Crippen LogP contribution in [0.5, 0.6) is 0 Å². The summed E-state index contributed by atoms with van der Waals surface area (Å²) in [5.41, 5.74) is 1.57. The van der Waals surface area contributed by atoms with Gasteiger partial charge in [0, 0.05) is 42.1 Å². The summed E-state index contributed by atoms with van der Waals surface area (Å²) in [6.45, 7) is 0.972. The normalized spacial score (nSPS) is 16.9. The average Bonchev–Trinajstić information content (AvgIpc) is 3.42. The molecular formula is C25H23FN4O6. The molecule has 186 valence electrons. The first kappa shape index (κ1) is 24.6. The van der Waals surface area contributed by atoms with Crippen molar-refractivity contribution in [3.05, 3.63) is 77.4 Å². The van der Waals surface area contributed by atoms with Crippen LogP contribution in [-0.4, -0.2) is 51.5 Å².